The van der Waals surface area contributed by atoms with Crippen LogP contribution >= 0.6 is 20.7 Å². The lowest BCUT2D eigenvalue weighted by molar-refractivity contribution is 1.06. The molecule has 0 aliphatic heterocycles. The number of pyridine rings is 1. The Balaban J connectivity index is 1.22. The topological polar surface area (TPSA) is 35.1 Å². The Hall–Kier alpha value is -5.66. The maximum Gasteiger partial charge on any atom is 0.146 e. The highest BCUT2D eigenvalue weighted by Gasteiger charge is 2.22. The van der Waals surface area contributed by atoms with Crippen LogP contribution in [0.5, 0.6) is 0 Å². The molecule has 0 saturated carbocycles. The van der Waals surface area contributed by atoms with Crippen molar-refractivity contribution < 1.29 is 0 Å². The molecule has 0 bridgehead atoms. The van der Waals surface area contributed by atoms with Gasteiger partial charge in [0.25, 0.3) is 0 Å². The van der Waals surface area contributed by atoms with Crippen molar-refractivity contribution in [1.82, 2.24) is 18.9 Å². The lowest BCUT2D eigenvalue weighted by Gasteiger charge is -2.14. The van der Waals surface area contributed by atoms with Gasteiger partial charge in [-0.05, 0) is 70.8 Å². The molecule has 0 N–H and O–H groups in total. The summed E-state index contributed by atoms with van der Waals surface area (Å²) in [5.74, 6) is 0.941. The van der Waals surface area contributed by atoms with Crippen LogP contribution < -0.4 is 0 Å². The summed E-state index contributed by atoms with van der Waals surface area (Å²) in [5, 5.41) is 3.58. The molecule has 0 aliphatic carbocycles. The van der Waals surface area contributed by atoms with Gasteiger partial charge in [-0.2, -0.15) is 0 Å². The molecule has 0 saturated heterocycles. The zero-order valence-corrected chi connectivity index (χ0v) is 29.9. The van der Waals surface area contributed by atoms with Crippen molar-refractivity contribution in [1.29, 1.82) is 0 Å². The van der Waals surface area contributed by atoms with Gasteiger partial charge < -0.3 is 0 Å². The average molecular weight is 757 g/mol. The third-order valence-electron chi connectivity index (χ3n) is 9.35. The van der Waals surface area contributed by atoms with Gasteiger partial charge in [0.1, 0.15) is 11.5 Å². The summed E-state index contributed by atoms with van der Waals surface area (Å²) >= 11 is -0.305. The summed E-state index contributed by atoms with van der Waals surface area (Å²) < 4.78 is 8.37. The van der Waals surface area contributed by atoms with E-state index >= 15 is 0 Å². The lowest BCUT2D eigenvalue weighted by Crippen LogP contribution is -2.06. The van der Waals surface area contributed by atoms with Crippen LogP contribution in [0.2, 0.25) is 0 Å². The van der Waals surface area contributed by atoms with Gasteiger partial charge in [0.05, 0.1) is 27.9 Å². The molecule has 0 amide bonds. The lowest BCUT2D eigenvalue weighted by atomic mass is 9.98. The quantitative estimate of drug-likeness (QED) is 0.125. The number of halogens is 1. The molecule has 0 unspecified atom stereocenters. The molecular formula is C45H33IN4. The minimum atomic E-state index is -0.305. The minimum Gasteiger partial charge on any atom is -0.292 e. The van der Waals surface area contributed by atoms with E-state index in [1.54, 1.807) is 0 Å². The van der Waals surface area contributed by atoms with Crippen molar-refractivity contribution >= 4 is 62.6 Å². The normalized spacial score (nSPS) is 12.4. The summed E-state index contributed by atoms with van der Waals surface area (Å²) in [5.41, 5.74) is 12.1. The Bertz CT molecular complexity index is 2750. The second-order valence-electron chi connectivity index (χ2n) is 12.4. The molecule has 4 nitrogen and oxygen atoms in total. The van der Waals surface area contributed by atoms with Crippen LogP contribution in [-0.2, 0) is 0 Å². The second-order valence-corrected chi connectivity index (χ2v) is 15.3. The summed E-state index contributed by atoms with van der Waals surface area (Å²) in [6.45, 7) is 4.37. The van der Waals surface area contributed by atoms with E-state index in [2.05, 4.69) is 185 Å². The number of hydrogen-bond acceptors (Lipinski definition) is 2. The van der Waals surface area contributed by atoms with E-state index in [9.17, 15) is 0 Å². The number of fused-ring (bicyclic) bond motifs is 8. The number of nitrogens with zero attached hydrogens (tertiary/aromatic N) is 4. The van der Waals surface area contributed by atoms with E-state index in [0.29, 0.717) is 0 Å². The summed E-state index contributed by atoms with van der Waals surface area (Å²) in [6, 6.07) is 54.0. The van der Waals surface area contributed by atoms with Gasteiger partial charge in [0.15, 0.2) is 0 Å². The number of para-hydroxylation sites is 4. The Labute approximate surface area is 300 Å². The first-order valence-corrected chi connectivity index (χ1v) is 19.2. The molecule has 0 spiro atoms. The van der Waals surface area contributed by atoms with E-state index in [1.165, 1.54) is 25.5 Å². The molecule has 6 aromatic carbocycles. The van der Waals surface area contributed by atoms with E-state index in [4.69, 9.17) is 9.97 Å². The van der Waals surface area contributed by atoms with Gasteiger partial charge in [-0.3, -0.25) is 8.97 Å². The van der Waals surface area contributed by atoms with Crippen LogP contribution in [0.25, 0.3) is 77.8 Å². The first kappa shape index (κ1) is 30.4. The molecule has 240 valence electrons. The fourth-order valence-corrected chi connectivity index (χ4v) is 8.76. The van der Waals surface area contributed by atoms with Crippen LogP contribution in [0.1, 0.15) is 19.5 Å². The fraction of sp³-hybridized carbons (Fsp3) is 0.0444. The first-order chi connectivity index (χ1) is 24.7. The Morgan fingerprint density at radius 2 is 1.24 bits per heavy atom. The van der Waals surface area contributed by atoms with Gasteiger partial charge in [-0.15, -0.1) is 0 Å². The van der Waals surface area contributed by atoms with Gasteiger partial charge in [-0.1, -0.05) is 142 Å². The van der Waals surface area contributed by atoms with E-state index < -0.39 is 0 Å². The largest absolute Gasteiger partial charge is 0.292 e. The van der Waals surface area contributed by atoms with Crippen LogP contribution in [-0.4, -0.2) is 22.4 Å². The molecule has 0 radical (unpaired) electrons. The van der Waals surface area contributed by atoms with E-state index in [-0.39, 0.29) is 20.7 Å². The van der Waals surface area contributed by atoms with Crippen LogP contribution in [0.3, 0.4) is 0 Å². The zero-order chi connectivity index (χ0) is 33.6. The van der Waals surface area contributed by atoms with Crippen molar-refractivity contribution in [3.63, 3.8) is 0 Å². The van der Waals surface area contributed by atoms with Gasteiger partial charge >= 0.3 is 0 Å². The van der Waals surface area contributed by atoms with Crippen LogP contribution in [0, 0.1) is 0 Å². The number of benzene rings is 6. The first-order valence-electron chi connectivity index (χ1n) is 16.8. The standard InChI is InChI=1S/C45H33IN4/c1-3-28-46-30(2)43-42(32-14-6-4-7-15-32)48-44(49(43)35-16-8-5-9-17-35)33-24-22-31(23-25-33)34-26-27-36-37-18-10-12-20-40(37)50-41-21-13-11-19-39(41)47-45(50)38(36)29-34/h3-29H,1-2H3/b28-3-. The van der Waals surface area contributed by atoms with E-state index in [0.717, 1.165) is 61.5 Å². The van der Waals surface area contributed by atoms with E-state index in [1.807, 2.05) is 0 Å². The Morgan fingerprint density at radius 3 is 2.02 bits per heavy atom. The monoisotopic (exact) mass is 756 g/mol. The maximum absolute atomic E-state index is 5.41. The number of rotatable bonds is 6. The van der Waals surface area contributed by atoms with Gasteiger partial charge in [0, 0.05) is 31.1 Å². The number of hydrogen-bond donors (Lipinski definition) is 0. The molecule has 5 heteroatoms. The third kappa shape index (κ3) is 5.08. The smallest absolute Gasteiger partial charge is 0.146 e. The summed E-state index contributed by atoms with van der Waals surface area (Å²) in [7, 11) is 0. The molecule has 3 heterocycles. The number of allylic oxidation sites excluding steroid dienone is 1. The number of aromatic nitrogens is 4. The highest BCUT2D eigenvalue weighted by Crippen LogP contribution is 2.37. The molecule has 50 heavy (non-hydrogen) atoms. The maximum atomic E-state index is 5.41. The van der Waals surface area contributed by atoms with Crippen LogP contribution in [0.15, 0.2) is 162 Å². The minimum absolute atomic E-state index is 0.305. The predicted octanol–water partition coefficient (Wildman–Crippen LogP) is 12.0. The molecule has 3 aromatic heterocycles. The molecule has 9 aromatic rings. The van der Waals surface area contributed by atoms with Crippen molar-refractivity contribution in [3.8, 4) is 39.5 Å². The SMILES string of the molecule is C/C=C\I=C(C)c1c(-c2ccccc2)nc(-c2ccc(-c3ccc4c5ccccc5n5c6ccccc6nc5c4c3)cc2)n1-c1ccccc1. The zero-order valence-electron chi connectivity index (χ0n) is 27.8. The average Bonchev–Trinajstić information content (AvgIpc) is 3.78. The molecular weight excluding hydrogens is 723 g/mol. The fourth-order valence-electron chi connectivity index (χ4n) is 7.07. The molecule has 0 atom stereocenters. The second kappa shape index (κ2) is 12.7. The van der Waals surface area contributed by atoms with Crippen molar-refractivity contribution in [2.75, 3.05) is 0 Å². The Kier molecular flexibility index (Phi) is 7.70. The third-order valence-corrected chi connectivity index (χ3v) is 11.9. The van der Waals surface area contributed by atoms with Gasteiger partial charge in [-0.25, -0.2) is 9.97 Å². The molecule has 0 aliphatic rings. The predicted molar refractivity (Wildman–Crippen MR) is 220 cm³/mol. The van der Waals surface area contributed by atoms with Crippen LogP contribution in [0.4, 0.5) is 0 Å². The number of imidazole rings is 2. The Morgan fingerprint density at radius 1 is 0.580 bits per heavy atom. The van der Waals surface area contributed by atoms with Crippen molar-refractivity contribution in [3.05, 3.63) is 168 Å². The molecule has 9 rings (SSSR count). The highest BCUT2D eigenvalue weighted by molar-refractivity contribution is 14.2. The summed E-state index contributed by atoms with van der Waals surface area (Å²) in [6.07, 6.45) is 2.16. The van der Waals surface area contributed by atoms with Gasteiger partial charge in [0.2, 0.25) is 0 Å². The summed E-state index contributed by atoms with van der Waals surface area (Å²) in [4.78, 5) is 10.5. The highest BCUT2D eigenvalue weighted by atomic mass is 127. The van der Waals surface area contributed by atoms with Crippen molar-refractivity contribution in [2.24, 2.45) is 0 Å². The van der Waals surface area contributed by atoms with Crippen molar-refractivity contribution in [2.45, 2.75) is 13.8 Å². The molecule has 0 fully saturated rings.